The Kier molecular flexibility index (Phi) is 4.71. The largest absolute Gasteiger partial charge is 0.416 e. The highest BCUT2D eigenvalue weighted by Gasteiger charge is 2.31. The number of aromatic amines is 1. The quantitative estimate of drug-likeness (QED) is 0.706. The molecule has 1 heterocycles. The van der Waals surface area contributed by atoms with E-state index in [1.807, 2.05) is 6.07 Å². The second kappa shape index (κ2) is 6.96. The summed E-state index contributed by atoms with van der Waals surface area (Å²) in [5, 5.41) is 19.1. The SMILES string of the molecule is N#Cc1n[nH]nc1-c1cccc(CCc2cc(F)cc(C(F)(F)F)c2)c1. The first-order valence-electron chi connectivity index (χ1n) is 7.63. The minimum absolute atomic E-state index is 0.155. The number of nitriles is 1. The van der Waals surface area contributed by atoms with Crippen LogP contribution in [0.3, 0.4) is 0 Å². The van der Waals surface area contributed by atoms with Crippen molar-refractivity contribution >= 4 is 0 Å². The van der Waals surface area contributed by atoms with Crippen molar-refractivity contribution < 1.29 is 17.6 Å². The molecular formula is C18H12F4N4. The van der Waals surface area contributed by atoms with Crippen LogP contribution < -0.4 is 0 Å². The van der Waals surface area contributed by atoms with Gasteiger partial charge in [-0.25, -0.2) is 4.39 Å². The fraction of sp³-hybridized carbons (Fsp3) is 0.167. The molecule has 3 aromatic rings. The van der Waals surface area contributed by atoms with Crippen molar-refractivity contribution in [1.29, 1.82) is 5.26 Å². The summed E-state index contributed by atoms with van der Waals surface area (Å²) in [4.78, 5) is 0. The van der Waals surface area contributed by atoms with Gasteiger partial charge >= 0.3 is 6.18 Å². The van der Waals surface area contributed by atoms with Crippen LogP contribution in [0.15, 0.2) is 42.5 Å². The molecule has 0 aliphatic rings. The molecule has 0 saturated carbocycles. The van der Waals surface area contributed by atoms with Crippen LogP contribution in [0.4, 0.5) is 17.6 Å². The third-order valence-corrected chi connectivity index (χ3v) is 3.84. The number of rotatable bonds is 4. The van der Waals surface area contributed by atoms with E-state index in [9.17, 15) is 17.6 Å². The zero-order chi connectivity index (χ0) is 18.7. The van der Waals surface area contributed by atoms with Crippen LogP contribution in [0.25, 0.3) is 11.3 Å². The highest BCUT2D eigenvalue weighted by Crippen LogP contribution is 2.30. The zero-order valence-corrected chi connectivity index (χ0v) is 13.3. The number of nitrogens with one attached hydrogen (secondary N) is 1. The molecule has 0 fully saturated rings. The van der Waals surface area contributed by atoms with Gasteiger partial charge in [0, 0.05) is 5.56 Å². The Morgan fingerprint density at radius 1 is 1.00 bits per heavy atom. The second-order valence-electron chi connectivity index (χ2n) is 5.68. The Balaban J connectivity index is 1.80. The van der Waals surface area contributed by atoms with Gasteiger partial charge < -0.3 is 0 Å². The van der Waals surface area contributed by atoms with Gasteiger partial charge in [0.15, 0.2) is 5.69 Å². The smallest absolute Gasteiger partial charge is 0.207 e. The van der Waals surface area contributed by atoms with Gasteiger partial charge in [-0.1, -0.05) is 18.2 Å². The van der Waals surface area contributed by atoms with Gasteiger partial charge in [-0.3, -0.25) is 0 Å². The minimum atomic E-state index is -4.59. The van der Waals surface area contributed by atoms with Crippen LogP contribution in [0, 0.1) is 17.1 Å². The van der Waals surface area contributed by atoms with Crippen molar-refractivity contribution in [3.8, 4) is 17.3 Å². The predicted octanol–water partition coefficient (Wildman–Crippen LogP) is 4.29. The molecule has 0 radical (unpaired) electrons. The summed E-state index contributed by atoms with van der Waals surface area (Å²) in [6.45, 7) is 0. The number of aromatic nitrogens is 3. The summed E-state index contributed by atoms with van der Waals surface area (Å²) >= 11 is 0. The lowest BCUT2D eigenvalue weighted by molar-refractivity contribution is -0.137. The first-order valence-corrected chi connectivity index (χ1v) is 7.63. The molecule has 3 rings (SSSR count). The Morgan fingerprint density at radius 2 is 1.77 bits per heavy atom. The van der Waals surface area contributed by atoms with Crippen LogP contribution in [0.2, 0.25) is 0 Å². The summed E-state index contributed by atoms with van der Waals surface area (Å²) in [5.74, 6) is -0.912. The van der Waals surface area contributed by atoms with Crippen LogP contribution in [-0.2, 0) is 19.0 Å². The molecule has 0 bridgehead atoms. The Bertz CT molecular complexity index is 970. The molecule has 1 N–H and O–H groups in total. The Labute approximate surface area is 146 Å². The van der Waals surface area contributed by atoms with Gasteiger partial charge in [-0.15, -0.1) is 5.10 Å². The van der Waals surface area contributed by atoms with Crippen LogP contribution in [0.1, 0.15) is 22.4 Å². The van der Waals surface area contributed by atoms with Crippen molar-refractivity contribution in [2.24, 2.45) is 0 Å². The number of hydrogen-bond acceptors (Lipinski definition) is 3. The Morgan fingerprint density at radius 3 is 2.50 bits per heavy atom. The number of nitrogens with zero attached hydrogens (tertiary/aromatic N) is 3. The molecule has 0 unspecified atom stereocenters. The second-order valence-corrected chi connectivity index (χ2v) is 5.68. The molecule has 0 aliphatic carbocycles. The summed E-state index contributed by atoms with van der Waals surface area (Å²) in [6.07, 6.45) is -3.93. The number of H-pyrrole nitrogens is 1. The third-order valence-electron chi connectivity index (χ3n) is 3.84. The topological polar surface area (TPSA) is 65.4 Å². The van der Waals surface area contributed by atoms with E-state index in [1.165, 1.54) is 0 Å². The Hall–Kier alpha value is -3.21. The van der Waals surface area contributed by atoms with E-state index < -0.39 is 17.6 Å². The summed E-state index contributed by atoms with van der Waals surface area (Å²) < 4.78 is 51.8. The molecule has 4 nitrogen and oxygen atoms in total. The zero-order valence-electron chi connectivity index (χ0n) is 13.3. The van der Waals surface area contributed by atoms with E-state index in [-0.39, 0.29) is 17.7 Å². The first-order chi connectivity index (χ1) is 12.4. The highest BCUT2D eigenvalue weighted by atomic mass is 19.4. The molecule has 0 amide bonds. The molecule has 1 aromatic heterocycles. The van der Waals surface area contributed by atoms with Gasteiger partial charge in [0.05, 0.1) is 5.56 Å². The van der Waals surface area contributed by atoms with Gasteiger partial charge in [0.1, 0.15) is 17.6 Å². The normalized spacial score (nSPS) is 11.3. The van der Waals surface area contributed by atoms with E-state index >= 15 is 0 Å². The maximum absolute atomic E-state index is 13.5. The third kappa shape index (κ3) is 3.88. The lowest BCUT2D eigenvalue weighted by Gasteiger charge is -2.10. The van der Waals surface area contributed by atoms with Gasteiger partial charge in [-0.05, 0) is 48.2 Å². The van der Waals surface area contributed by atoms with Crippen molar-refractivity contribution in [3.05, 3.63) is 70.7 Å². The number of halogens is 4. The number of aryl methyl sites for hydroxylation is 2. The predicted molar refractivity (Wildman–Crippen MR) is 85.3 cm³/mol. The molecule has 0 spiro atoms. The molecule has 0 aliphatic heterocycles. The fourth-order valence-corrected chi connectivity index (χ4v) is 2.63. The molecule has 8 heteroatoms. The summed E-state index contributed by atoms with van der Waals surface area (Å²) in [6, 6.07) is 11.6. The van der Waals surface area contributed by atoms with Gasteiger partial charge in [0.25, 0.3) is 0 Å². The van der Waals surface area contributed by atoms with E-state index in [0.717, 1.165) is 17.7 Å². The average molecular weight is 360 g/mol. The van der Waals surface area contributed by atoms with Crippen molar-refractivity contribution in [2.45, 2.75) is 19.0 Å². The molecule has 26 heavy (non-hydrogen) atoms. The van der Waals surface area contributed by atoms with Crippen LogP contribution in [0.5, 0.6) is 0 Å². The maximum Gasteiger partial charge on any atom is 0.416 e. The maximum atomic E-state index is 13.5. The van der Waals surface area contributed by atoms with E-state index in [0.29, 0.717) is 23.7 Å². The molecule has 132 valence electrons. The van der Waals surface area contributed by atoms with Gasteiger partial charge in [0.2, 0.25) is 0 Å². The average Bonchev–Trinajstić information content (AvgIpc) is 3.08. The number of alkyl halides is 3. The van der Waals surface area contributed by atoms with Crippen molar-refractivity contribution in [2.75, 3.05) is 0 Å². The van der Waals surface area contributed by atoms with Gasteiger partial charge in [-0.2, -0.15) is 28.7 Å². The molecule has 0 saturated heterocycles. The monoisotopic (exact) mass is 360 g/mol. The minimum Gasteiger partial charge on any atom is -0.207 e. The highest BCUT2D eigenvalue weighted by molar-refractivity contribution is 5.64. The lowest BCUT2D eigenvalue weighted by Crippen LogP contribution is -2.06. The van der Waals surface area contributed by atoms with Crippen LogP contribution in [-0.4, -0.2) is 15.4 Å². The fourth-order valence-electron chi connectivity index (χ4n) is 2.63. The molecular weight excluding hydrogens is 348 g/mol. The van der Waals surface area contributed by atoms with Crippen molar-refractivity contribution in [3.63, 3.8) is 0 Å². The number of benzene rings is 2. The van der Waals surface area contributed by atoms with E-state index in [2.05, 4.69) is 15.4 Å². The van der Waals surface area contributed by atoms with E-state index in [4.69, 9.17) is 5.26 Å². The van der Waals surface area contributed by atoms with Crippen LogP contribution >= 0.6 is 0 Å². The lowest BCUT2D eigenvalue weighted by atomic mass is 10.00. The number of hydrogen-bond donors (Lipinski definition) is 1. The summed E-state index contributed by atoms with van der Waals surface area (Å²) in [5.41, 5.74) is 1.32. The molecule has 2 aromatic carbocycles. The standard InChI is InChI=1S/C18H12F4N4/c19-15-8-12(7-14(9-15)18(20,21)22)5-4-11-2-1-3-13(6-11)17-16(10-23)24-26-25-17/h1-3,6-9H,4-5H2,(H,24,25,26). The molecule has 0 atom stereocenters. The van der Waals surface area contributed by atoms with Crippen molar-refractivity contribution in [1.82, 2.24) is 15.4 Å². The van der Waals surface area contributed by atoms with E-state index in [1.54, 1.807) is 24.3 Å². The first kappa shape index (κ1) is 17.6. The summed E-state index contributed by atoms with van der Waals surface area (Å²) in [7, 11) is 0.